The number of hydrogen-bond donors (Lipinski definition) is 1. The van der Waals surface area contributed by atoms with Crippen LogP contribution in [0, 0.1) is 0 Å². The molecule has 1 fully saturated rings. The quantitative estimate of drug-likeness (QED) is 0.758. The minimum absolute atomic E-state index is 0.0530. The van der Waals surface area contributed by atoms with E-state index in [0.29, 0.717) is 43.6 Å². The Balaban J connectivity index is 1.80. The lowest BCUT2D eigenvalue weighted by atomic mass is 10.2. The molecule has 1 atom stereocenters. The molecule has 0 saturated carbocycles. The summed E-state index contributed by atoms with van der Waals surface area (Å²) in [5, 5.41) is 3.92. The summed E-state index contributed by atoms with van der Waals surface area (Å²) in [6.07, 6.45) is -0.286. The van der Waals surface area contributed by atoms with Gasteiger partial charge in [0.2, 0.25) is 0 Å². The maximum absolute atomic E-state index is 12.1. The molecule has 1 aromatic rings. The second-order valence-electron chi connectivity index (χ2n) is 6.66. The summed E-state index contributed by atoms with van der Waals surface area (Å²) in [5.74, 6) is 0. The SMILES string of the molecule is CC(C)(C)OC(=O)N1CCN[C@@H](COCc2nc(Br)ccc2Cl)C1. The smallest absolute Gasteiger partial charge is 0.410 e. The minimum Gasteiger partial charge on any atom is -0.444 e. The van der Waals surface area contributed by atoms with Crippen LogP contribution in [0.1, 0.15) is 26.5 Å². The number of amides is 1. The highest BCUT2D eigenvalue weighted by Gasteiger charge is 2.27. The third-order valence-corrected chi connectivity index (χ3v) is 4.14. The Kier molecular flexibility index (Phi) is 6.86. The van der Waals surface area contributed by atoms with Gasteiger partial charge < -0.3 is 19.7 Å². The van der Waals surface area contributed by atoms with Gasteiger partial charge in [0.25, 0.3) is 0 Å². The van der Waals surface area contributed by atoms with Crippen LogP contribution in [0.4, 0.5) is 4.79 Å². The number of piperazine rings is 1. The summed E-state index contributed by atoms with van der Waals surface area (Å²) in [6, 6.07) is 3.62. The minimum atomic E-state index is -0.489. The zero-order chi connectivity index (χ0) is 17.7. The first kappa shape index (κ1) is 19.4. The number of ether oxygens (including phenoxy) is 2. The van der Waals surface area contributed by atoms with Crippen LogP contribution in [0.15, 0.2) is 16.7 Å². The van der Waals surface area contributed by atoms with E-state index in [4.69, 9.17) is 21.1 Å². The number of hydrogen-bond acceptors (Lipinski definition) is 5. The standard InChI is InChI=1S/C16H23BrClN3O3/c1-16(2,3)24-15(22)21-7-6-19-11(8-21)9-23-10-13-12(18)4-5-14(17)20-13/h4-5,11,19H,6-10H2,1-3H3/t11-/m1/s1. The molecule has 0 aromatic carbocycles. The predicted molar refractivity (Wildman–Crippen MR) is 96.2 cm³/mol. The second-order valence-corrected chi connectivity index (χ2v) is 7.87. The highest BCUT2D eigenvalue weighted by molar-refractivity contribution is 9.10. The Morgan fingerprint density at radius 1 is 1.50 bits per heavy atom. The number of halogens is 2. The van der Waals surface area contributed by atoms with Crippen LogP contribution in [0.2, 0.25) is 5.02 Å². The topological polar surface area (TPSA) is 63.7 Å². The summed E-state index contributed by atoms with van der Waals surface area (Å²) in [4.78, 5) is 18.1. The largest absolute Gasteiger partial charge is 0.444 e. The molecule has 0 spiro atoms. The fourth-order valence-electron chi connectivity index (χ4n) is 2.29. The summed E-state index contributed by atoms with van der Waals surface area (Å²) in [6.45, 7) is 8.27. The third kappa shape index (κ3) is 6.20. The molecule has 1 aromatic heterocycles. The molecule has 0 radical (unpaired) electrons. The zero-order valence-corrected chi connectivity index (χ0v) is 16.5. The highest BCUT2D eigenvalue weighted by atomic mass is 79.9. The normalized spacial score (nSPS) is 18.5. The van der Waals surface area contributed by atoms with Crippen molar-refractivity contribution in [3.05, 3.63) is 27.5 Å². The van der Waals surface area contributed by atoms with Crippen molar-refractivity contribution in [1.29, 1.82) is 0 Å². The first-order valence-corrected chi connectivity index (χ1v) is 9.01. The molecule has 6 nitrogen and oxygen atoms in total. The summed E-state index contributed by atoms with van der Waals surface area (Å²) in [7, 11) is 0. The maximum Gasteiger partial charge on any atom is 0.410 e. The Morgan fingerprint density at radius 2 is 2.25 bits per heavy atom. The molecule has 2 heterocycles. The Morgan fingerprint density at radius 3 is 2.96 bits per heavy atom. The van der Waals surface area contributed by atoms with E-state index in [1.54, 1.807) is 17.0 Å². The van der Waals surface area contributed by atoms with Gasteiger partial charge in [0.05, 0.1) is 23.9 Å². The molecular weight excluding hydrogens is 398 g/mol. The number of nitrogens with zero attached hydrogens (tertiary/aromatic N) is 2. The molecule has 0 bridgehead atoms. The van der Waals surface area contributed by atoms with Gasteiger partial charge in [-0.2, -0.15) is 0 Å². The van der Waals surface area contributed by atoms with Crippen molar-refractivity contribution < 1.29 is 14.3 Å². The number of carbonyl (C=O) groups is 1. The van der Waals surface area contributed by atoms with E-state index in [9.17, 15) is 4.79 Å². The van der Waals surface area contributed by atoms with E-state index in [-0.39, 0.29) is 12.1 Å². The Hall–Kier alpha value is -0.890. The van der Waals surface area contributed by atoms with Crippen molar-refractivity contribution >= 4 is 33.6 Å². The number of nitrogens with one attached hydrogen (secondary N) is 1. The average molecular weight is 421 g/mol. The van der Waals surface area contributed by atoms with Gasteiger partial charge in [-0.05, 0) is 48.8 Å². The molecular formula is C16H23BrClN3O3. The van der Waals surface area contributed by atoms with Crippen LogP contribution >= 0.6 is 27.5 Å². The van der Waals surface area contributed by atoms with Crippen LogP contribution in [-0.4, -0.2) is 53.9 Å². The first-order chi connectivity index (χ1) is 11.2. The Labute approximate surface area is 156 Å². The molecule has 1 saturated heterocycles. The molecule has 1 amide bonds. The predicted octanol–water partition coefficient (Wildman–Crippen LogP) is 3.22. The number of carbonyl (C=O) groups excluding carboxylic acids is 1. The van der Waals surface area contributed by atoms with Gasteiger partial charge >= 0.3 is 6.09 Å². The molecule has 134 valence electrons. The lowest BCUT2D eigenvalue weighted by molar-refractivity contribution is 0.0126. The number of pyridine rings is 1. The van der Waals surface area contributed by atoms with Crippen molar-refractivity contribution in [1.82, 2.24) is 15.2 Å². The summed E-state index contributed by atoms with van der Waals surface area (Å²) < 4.78 is 11.8. The van der Waals surface area contributed by atoms with Gasteiger partial charge in [-0.3, -0.25) is 0 Å². The van der Waals surface area contributed by atoms with Crippen molar-refractivity contribution in [2.45, 2.75) is 39.0 Å². The van der Waals surface area contributed by atoms with Crippen LogP contribution in [0.25, 0.3) is 0 Å². The van der Waals surface area contributed by atoms with Gasteiger partial charge in [-0.1, -0.05) is 11.6 Å². The maximum atomic E-state index is 12.1. The van der Waals surface area contributed by atoms with Crippen molar-refractivity contribution in [2.24, 2.45) is 0 Å². The number of aromatic nitrogens is 1. The van der Waals surface area contributed by atoms with E-state index in [0.717, 1.165) is 4.60 Å². The highest BCUT2D eigenvalue weighted by Crippen LogP contribution is 2.18. The van der Waals surface area contributed by atoms with E-state index in [2.05, 4.69) is 26.2 Å². The van der Waals surface area contributed by atoms with Crippen molar-refractivity contribution in [2.75, 3.05) is 26.2 Å². The van der Waals surface area contributed by atoms with Crippen LogP contribution in [0.3, 0.4) is 0 Å². The zero-order valence-electron chi connectivity index (χ0n) is 14.1. The molecule has 1 aliphatic heterocycles. The van der Waals surface area contributed by atoms with Crippen molar-refractivity contribution in [3.63, 3.8) is 0 Å². The number of rotatable bonds is 4. The van der Waals surface area contributed by atoms with E-state index >= 15 is 0 Å². The molecule has 24 heavy (non-hydrogen) atoms. The van der Waals surface area contributed by atoms with Crippen LogP contribution in [-0.2, 0) is 16.1 Å². The fourth-order valence-corrected chi connectivity index (χ4v) is 2.79. The lowest BCUT2D eigenvalue weighted by Gasteiger charge is -2.34. The second kappa shape index (κ2) is 8.47. The summed E-state index contributed by atoms with van der Waals surface area (Å²) >= 11 is 9.41. The molecule has 0 aliphatic carbocycles. The molecule has 1 aliphatic rings. The first-order valence-electron chi connectivity index (χ1n) is 7.84. The van der Waals surface area contributed by atoms with E-state index in [1.807, 2.05) is 20.8 Å². The summed E-state index contributed by atoms with van der Waals surface area (Å²) in [5.41, 5.74) is 0.197. The Bertz CT molecular complexity index is 580. The van der Waals surface area contributed by atoms with Gasteiger partial charge in [0.15, 0.2) is 0 Å². The van der Waals surface area contributed by atoms with Gasteiger partial charge in [0, 0.05) is 25.7 Å². The van der Waals surface area contributed by atoms with Crippen molar-refractivity contribution in [3.8, 4) is 0 Å². The lowest BCUT2D eigenvalue weighted by Crippen LogP contribution is -2.55. The third-order valence-electron chi connectivity index (χ3n) is 3.35. The average Bonchev–Trinajstić information content (AvgIpc) is 2.49. The van der Waals surface area contributed by atoms with E-state index in [1.165, 1.54) is 0 Å². The van der Waals surface area contributed by atoms with Gasteiger partial charge in [-0.25, -0.2) is 9.78 Å². The fraction of sp³-hybridized carbons (Fsp3) is 0.625. The van der Waals surface area contributed by atoms with Gasteiger partial charge in [-0.15, -0.1) is 0 Å². The van der Waals surface area contributed by atoms with E-state index < -0.39 is 5.60 Å². The van der Waals surface area contributed by atoms with Crippen LogP contribution in [0.5, 0.6) is 0 Å². The molecule has 0 unspecified atom stereocenters. The molecule has 8 heteroatoms. The molecule has 1 N–H and O–H groups in total. The monoisotopic (exact) mass is 419 g/mol. The van der Waals surface area contributed by atoms with Gasteiger partial charge in [0.1, 0.15) is 10.2 Å². The van der Waals surface area contributed by atoms with Crippen LogP contribution < -0.4 is 5.32 Å². The molecule has 2 rings (SSSR count).